The molecule has 0 saturated heterocycles. The third kappa shape index (κ3) is 2.07. The zero-order valence-electron chi connectivity index (χ0n) is 6.75. The fourth-order valence-corrected chi connectivity index (χ4v) is 1.68. The minimum atomic E-state index is -0.516. The fourth-order valence-electron chi connectivity index (χ4n) is 1.08. The van der Waals surface area contributed by atoms with E-state index in [0.29, 0.717) is 15.6 Å². The van der Waals surface area contributed by atoms with Crippen LogP contribution in [0.1, 0.15) is 15.9 Å². The number of hydrogen-bond acceptors (Lipinski definition) is 2. The molecule has 1 rings (SSSR count). The number of hydrogen-bond donors (Lipinski definition) is 1. The predicted molar refractivity (Wildman–Crippen MR) is 52.0 cm³/mol. The van der Waals surface area contributed by atoms with Gasteiger partial charge in [0.15, 0.2) is 0 Å². The number of rotatable bonds is 2. The molecular weight excluding hydrogens is 232 g/mol. The van der Waals surface area contributed by atoms with Gasteiger partial charge >= 0.3 is 0 Å². The van der Waals surface area contributed by atoms with Gasteiger partial charge in [-0.15, -0.1) is 0 Å². The molecule has 0 aliphatic carbocycles. The van der Waals surface area contributed by atoms with Crippen LogP contribution in [0.15, 0.2) is 22.7 Å². The highest BCUT2D eigenvalue weighted by atomic mass is 79.9. The average molecular weight is 239 g/mol. The van der Waals surface area contributed by atoms with Gasteiger partial charge in [-0.3, -0.25) is 4.79 Å². The highest BCUT2D eigenvalue weighted by molar-refractivity contribution is 9.10. The molecule has 4 heteroatoms. The first-order chi connectivity index (χ1) is 6.16. The van der Waals surface area contributed by atoms with Crippen molar-refractivity contribution in [2.24, 2.45) is 5.73 Å². The molecule has 13 heavy (non-hydrogen) atoms. The third-order valence-electron chi connectivity index (χ3n) is 1.62. The Morgan fingerprint density at radius 3 is 2.85 bits per heavy atom. The second-order valence-corrected chi connectivity index (χ2v) is 3.33. The van der Waals surface area contributed by atoms with Crippen molar-refractivity contribution in [3.63, 3.8) is 0 Å². The van der Waals surface area contributed by atoms with Gasteiger partial charge in [-0.2, -0.15) is 5.26 Å². The van der Waals surface area contributed by atoms with E-state index < -0.39 is 5.91 Å². The monoisotopic (exact) mass is 238 g/mol. The summed E-state index contributed by atoms with van der Waals surface area (Å²) in [5.41, 5.74) is 6.22. The molecule has 1 aromatic rings. The second kappa shape index (κ2) is 4.06. The number of carbonyl (C=O) groups excluding carboxylic acids is 1. The van der Waals surface area contributed by atoms with Crippen LogP contribution in [0.5, 0.6) is 0 Å². The van der Waals surface area contributed by atoms with Crippen LogP contribution < -0.4 is 5.73 Å². The number of nitriles is 1. The zero-order valence-corrected chi connectivity index (χ0v) is 8.34. The van der Waals surface area contributed by atoms with Gasteiger partial charge in [-0.05, 0) is 27.6 Å². The minimum absolute atomic E-state index is 0.192. The van der Waals surface area contributed by atoms with Crippen molar-refractivity contribution in [2.45, 2.75) is 6.42 Å². The maximum Gasteiger partial charge on any atom is 0.250 e. The molecule has 1 amide bonds. The molecular formula is C9H7BrN2O. The Morgan fingerprint density at radius 1 is 1.62 bits per heavy atom. The molecule has 2 N–H and O–H groups in total. The molecule has 0 radical (unpaired) electrons. The lowest BCUT2D eigenvalue weighted by Gasteiger charge is -2.04. The molecule has 0 aliphatic rings. The van der Waals surface area contributed by atoms with Crippen LogP contribution >= 0.6 is 15.9 Å². The molecule has 0 atom stereocenters. The Labute approximate surface area is 84.3 Å². The van der Waals surface area contributed by atoms with Crippen molar-refractivity contribution in [1.82, 2.24) is 0 Å². The highest BCUT2D eigenvalue weighted by Crippen LogP contribution is 2.20. The predicted octanol–water partition coefficient (Wildman–Crippen LogP) is 1.61. The molecule has 0 aromatic heterocycles. The molecule has 0 aliphatic heterocycles. The average Bonchev–Trinajstić information content (AvgIpc) is 2.04. The van der Waals surface area contributed by atoms with Gasteiger partial charge in [-0.1, -0.05) is 12.1 Å². The van der Waals surface area contributed by atoms with E-state index in [4.69, 9.17) is 11.0 Å². The zero-order chi connectivity index (χ0) is 9.84. The summed E-state index contributed by atoms with van der Waals surface area (Å²) in [6, 6.07) is 7.18. The molecule has 1 aromatic carbocycles. The van der Waals surface area contributed by atoms with E-state index in [1.807, 2.05) is 6.07 Å². The fraction of sp³-hybridized carbons (Fsp3) is 0.111. The van der Waals surface area contributed by atoms with Gasteiger partial charge < -0.3 is 5.73 Å². The molecule has 3 nitrogen and oxygen atoms in total. The van der Waals surface area contributed by atoms with Crippen LogP contribution in [0.3, 0.4) is 0 Å². The van der Waals surface area contributed by atoms with Crippen molar-refractivity contribution >= 4 is 21.8 Å². The van der Waals surface area contributed by atoms with Crippen LogP contribution in [0.4, 0.5) is 0 Å². The molecule has 0 fully saturated rings. The van der Waals surface area contributed by atoms with Crippen LogP contribution in [-0.4, -0.2) is 5.91 Å². The van der Waals surface area contributed by atoms with Crippen molar-refractivity contribution < 1.29 is 4.79 Å². The number of primary amides is 1. The van der Waals surface area contributed by atoms with E-state index in [-0.39, 0.29) is 6.42 Å². The normalized spacial score (nSPS) is 9.23. The maximum absolute atomic E-state index is 11.0. The number of halogens is 1. The quantitative estimate of drug-likeness (QED) is 0.851. The smallest absolute Gasteiger partial charge is 0.250 e. The lowest BCUT2D eigenvalue weighted by atomic mass is 10.1. The topological polar surface area (TPSA) is 66.9 Å². The van der Waals surface area contributed by atoms with Gasteiger partial charge in [0.05, 0.1) is 18.1 Å². The van der Waals surface area contributed by atoms with Gasteiger partial charge in [0.25, 0.3) is 0 Å². The molecule has 0 saturated carbocycles. The summed E-state index contributed by atoms with van der Waals surface area (Å²) in [6.07, 6.45) is 0.192. The van der Waals surface area contributed by atoms with Crippen molar-refractivity contribution in [1.29, 1.82) is 5.26 Å². The molecule has 0 heterocycles. The van der Waals surface area contributed by atoms with Crippen molar-refractivity contribution in [3.8, 4) is 6.07 Å². The van der Waals surface area contributed by atoms with E-state index >= 15 is 0 Å². The van der Waals surface area contributed by atoms with E-state index in [9.17, 15) is 4.79 Å². The van der Waals surface area contributed by atoms with E-state index in [0.717, 1.165) is 0 Å². The summed E-state index contributed by atoms with van der Waals surface area (Å²) in [6.45, 7) is 0. The highest BCUT2D eigenvalue weighted by Gasteiger charge is 2.10. The molecule has 0 spiro atoms. The number of nitrogens with zero attached hydrogens (tertiary/aromatic N) is 1. The number of amides is 1. The van der Waals surface area contributed by atoms with Crippen LogP contribution in [-0.2, 0) is 6.42 Å². The summed E-state index contributed by atoms with van der Waals surface area (Å²) < 4.78 is 0.632. The summed E-state index contributed by atoms with van der Waals surface area (Å²) in [7, 11) is 0. The SMILES string of the molecule is N#CCc1cccc(Br)c1C(N)=O. The van der Waals surface area contributed by atoms with Crippen molar-refractivity contribution in [2.75, 3.05) is 0 Å². The summed E-state index contributed by atoms with van der Waals surface area (Å²) in [5, 5.41) is 8.50. The standard InChI is InChI=1S/C9H7BrN2O/c10-7-3-1-2-6(4-5-11)8(7)9(12)13/h1-3H,4H2,(H2,12,13). The minimum Gasteiger partial charge on any atom is -0.366 e. The van der Waals surface area contributed by atoms with Crippen LogP contribution in [0, 0.1) is 11.3 Å². The lowest BCUT2D eigenvalue weighted by molar-refractivity contribution is 0.0999. The van der Waals surface area contributed by atoms with Gasteiger partial charge in [0.2, 0.25) is 5.91 Å². The number of benzene rings is 1. The third-order valence-corrected chi connectivity index (χ3v) is 2.28. The van der Waals surface area contributed by atoms with Gasteiger partial charge in [0, 0.05) is 4.47 Å². The Balaban J connectivity index is 3.27. The molecule has 0 unspecified atom stereocenters. The van der Waals surface area contributed by atoms with Gasteiger partial charge in [-0.25, -0.2) is 0 Å². The first kappa shape index (κ1) is 9.75. The maximum atomic E-state index is 11.0. The summed E-state index contributed by atoms with van der Waals surface area (Å²) in [4.78, 5) is 11.0. The first-order valence-electron chi connectivity index (χ1n) is 3.61. The molecule has 0 bridgehead atoms. The summed E-state index contributed by atoms with van der Waals surface area (Å²) >= 11 is 3.21. The lowest BCUT2D eigenvalue weighted by Crippen LogP contribution is -2.14. The van der Waals surface area contributed by atoms with E-state index in [2.05, 4.69) is 15.9 Å². The van der Waals surface area contributed by atoms with Crippen LogP contribution in [0.25, 0.3) is 0 Å². The van der Waals surface area contributed by atoms with Gasteiger partial charge in [0.1, 0.15) is 0 Å². The number of nitrogens with two attached hydrogens (primary N) is 1. The Morgan fingerprint density at radius 2 is 2.31 bits per heavy atom. The van der Waals surface area contributed by atoms with Crippen molar-refractivity contribution in [3.05, 3.63) is 33.8 Å². The Kier molecular flexibility index (Phi) is 3.04. The number of carbonyl (C=O) groups is 1. The van der Waals surface area contributed by atoms with E-state index in [1.54, 1.807) is 18.2 Å². The largest absolute Gasteiger partial charge is 0.366 e. The second-order valence-electron chi connectivity index (χ2n) is 2.47. The summed E-state index contributed by atoms with van der Waals surface area (Å²) in [5.74, 6) is -0.516. The Hall–Kier alpha value is -1.34. The van der Waals surface area contributed by atoms with Crippen LogP contribution in [0.2, 0.25) is 0 Å². The molecule has 66 valence electrons. The Bertz CT molecular complexity index is 382. The van der Waals surface area contributed by atoms with E-state index in [1.165, 1.54) is 0 Å². The first-order valence-corrected chi connectivity index (χ1v) is 4.40.